The number of benzene rings is 2. The molecule has 0 bridgehead atoms. The van der Waals surface area contributed by atoms with Crippen molar-refractivity contribution in [1.29, 1.82) is 0 Å². The molecule has 1 atom stereocenters. The molecular weight excluding hydrogens is 401 g/mol. The number of anilines is 1. The lowest BCUT2D eigenvalue weighted by molar-refractivity contribution is -0.137. The van der Waals surface area contributed by atoms with Crippen LogP contribution in [-0.2, 0) is 6.18 Å². The molecular formula is C19H17F3N6O2. The van der Waals surface area contributed by atoms with Gasteiger partial charge in [0.1, 0.15) is 0 Å². The molecule has 0 radical (unpaired) electrons. The molecule has 0 aliphatic carbocycles. The number of aromatic nitrogens is 5. The zero-order valence-corrected chi connectivity index (χ0v) is 16.2. The van der Waals surface area contributed by atoms with Crippen molar-refractivity contribution in [2.24, 2.45) is 0 Å². The number of tetrazole rings is 1. The standard InChI is InChI=1S/C19H17F3N6O2/c1-10(11-5-4-6-12(7-11)19(20,21)22)23-17-13-8-15(29-2)16(30-3)9-14(13)18-24-26-27-28(18)25-17/h4-10H,1-3H3,(H,23,25)/t10-/m1/s1. The minimum absolute atomic E-state index is 0.385. The molecule has 0 saturated carbocycles. The van der Waals surface area contributed by atoms with Crippen molar-refractivity contribution in [2.45, 2.75) is 19.1 Å². The van der Waals surface area contributed by atoms with Gasteiger partial charge in [0.05, 0.1) is 25.8 Å². The molecule has 156 valence electrons. The van der Waals surface area contributed by atoms with Gasteiger partial charge in [-0.1, -0.05) is 12.1 Å². The highest BCUT2D eigenvalue weighted by Crippen LogP contribution is 2.37. The minimum Gasteiger partial charge on any atom is -0.493 e. The molecule has 2 aromatic heterocycles. The van der Waals surface area contributed by atoms with Crippen LogP contribution in [0.15, 0.2) is 36.4 Å². The number of nitrogens with zero attached hydrogens (tertiary/aromatic N) is 5. The van der Waals surface area contributed by atoms with Crippen LogP contribution in [0.5, 0.6) is 11.5 Å². The lowest BCUT2D eigenvalue weighted by atomic mass is 10.0. The summed E-state index contributed by atoms with van der Waals surface area (Å²) < 4.78 is 51.2. The fourth-order valence-corrected chi connectivity index (χ4v) is 3.20. The highest BCUT2D eigenvalue weighted by molar-refractivity contribution is 6.01. The van der Waals surface area contributed by atoms with Crippen LogP contribution in [0.25, 0.3) is 16.4 Å². The van der Waals surface area contributed by atoms with Crippen molar-refractivity contribution in [2.75, 3.05) is 19.5 Å². The first-order valence-electron chi connectivity index (χ1n) is 8.89. The maximum absolute atomic E-state index is 13.1. The number of alkyl halides is 3. The summed E-state index contributed by atoms with van der Waals surface area (Å²) in [5, 5.41) is 20.3. The lowest BCUT2D eigenvalue weighted by Gasteiger charge is -2.18. The molecule has 0 unspecified atom stereocenters. The number of ether oxygens (including phenoxy) is 2. The third-order valence-electron chi connectivity index (χ3n) is 4.74. The van der Waals surface area contributed by atoms with Gasteiger partial charge in [-0.3, -0.25) is 0 Å². The number of methoxy groups -OCH3 is 2. The second-order valence-electron chi connectivity index (χ2n) is 6.58. The second-order valence-corrected chi connectivity index (χ2v) is 6.58. The first-order chi connectivity index (χ1) is 14.3. The van der Waals surface area contributed by atoms with Gasteiger partial charge >= 0.3 is 6.18 Å². The number of fused-ring (bicyclic) bond motifs is 3. The van der Waals surface area contributed by atoms with E-state index >= 15 is 0 Å². The van der Waals surface area contributed by atoms with Crippen molar-refractivity contribution in [3.63, 3.8) is 0 Å². The zero-order valence-electron chi connectivity index (χ0n) is 16.2. The van der Waals surface area contributed by atoms with Crippen LogP contribution in [0.3, 0.4) is 0 Å². The fraction of sp³-hybridized carbons (Fsp3) is 0.263. The molecule has 2 heterocycles. The Labute approximate surface area is 168 Å². The number of hydrogen-bond acceptors (Lipinski definition) is 7. The predicted octanol–water partition coefficient (Wildman–Crippen LogP) is 3.88. The van der Waals surface area contributed by atoms with Gasteiger partial charge in [-0.25, -0.2) is 0 Å². The van der Waals surface area contributed by atoms with Gasteiger partial charge in [0.2, 0.25) is 5.65 Å². The fourth-order valence-electron chi connectivity index (χ4n) is 3.20. The lowest BCUT2D eigenvalue weighted by Crippen LogP contribution is -2.12. The Morgan fingerprint density at radius 2 is 1.73 bits per heavy atom. The molecule has 30 heavy (non-hydrogen) atoms. The van der Waals surface area contributed by atoms with E-state index in [0.717, 1.165) is 12.1 Å². The largest absolute Gasteiger partial charge is 0.493 e. The Morgan fingerprint density at radius 3 is 2.40 bits per heavy atom. The Balaban J connectivity index is 1.82. The molecule has 11 heteroatoms. The maximum atomic E-state index is 13.1. The number of halogens is 3. The van der Waals surface area contributed by atoms with E-state index in [2.05, 4.69) is 25.9 Å². The number of hydrogen-bond donors (Lipinski definition) is 1. The highest BCUT2D eigenvalue weighted by Gasteiger charge is 2.30. The highest BCUT2D eigenvalue weighted by atomic mass is 19.4. The smallest absolute Gasteiger partial charge is 0.416 e. The Morgan fingerprint density at radius 1 is 1.03 bits per heavy atom. The van der Waals surface area contributed by atoms with E-state index in [1.54, 1.807) is 25.1 Å². The van der Waals surface area contributed by atoms with E-state index in [9.17, 15) is 13.2 Å². The van der Waals surface area contributed by atoms with Crippen LogP contribution < -0.4 is 14.8 Å². The summed E-state index contributed by atoms with van der Waals surface area (Å²) in [5.41, 5.74) is 0.147. The van der Waals surface area contributed by atoms with Crippen LogP contribution >= 0.6 is 0 Å². The van der Waals surface area contributed by atoms with Gasteiger partial charge < -0.3 is 14.8 Å². The van der Waals surface area contributed by atoms with Crippen LogP contribution in [0, 0.1) is 0 Å². The SMILES string of the molecule is COc1cc2c(N[C@H](C)c3cccc(C(F)(F)F)c3)nn3nnnc3c2cc1OC. The summed E-state index contributed by atoms with van der Waals surface area (Å²) in [7, 11) is 3.02. The molecule has 1 N–H and O–H groups in total. The van der Waals surface area contributed by atoms with Gasteiger partial charge in [-0.15, -0.1) is 14.8 Å². The van der Waals surface area contributed by atoms with E-state index < -0.39 is 17.8 Å². The Kier molecular flexibility index (Phi) is 4.80. The van der Waals surface area contributed by atoms with Crippen molar-refractivity contribution < 1.29 is 22.6 Å². The van der Waals surface area contributed by atoms with E-state index in [0.29, 0.717) is 39.3 Å². The van der Waals surface area contributed by atoms with E-state index in [1.807, 2.05) is 0 Å². The van der Waals surface area contributed by atoms with E-state index in [1.165, 1.54) is 24.9 Å². The van der Waals surface area contributed by atoms with E-state index in [4.69, 9.17) is 9.47 Å². The zero-order chi connectivity index (χ0) is 21.5. The average Bonchev–Trinajstić information content (AvgIpc) is 3.21. The van der Waals surface area contributed by atoms with Crippen molar-refractivity contribution in [3.05, 3.63) is 47.5 Å². The van der Waals surface area contributed by atoms with Crippen molar-refractivity contribution in [1.82, 2.24) is 25.3 Å². The van der Waals surface area contributed by atoms with Crippen LogP contribution in [-0.4, -0.2) is 39.5 Å². The molecule has 0 amide bonds. The summed E-state index contributed by atoms with van der Waals surface area (Å²) in [6, 6.07) is 8.10. The van der Waals surface area contributed by atoms with Gasteiger partial charge in [-0.05, 0) is 47.2 Å². The summed E-state index contributed by atoms with van der Waals surface area (Å²) in [5.74, 6) is 1.34. The first kappa shape index (κ1) is 19.7. The van der Waals surface area contributed by atoms with Crippen molar-refractivity contribution >= 4 is 22.2 Å². The normalized spacial score (nSPS) is 12.9. The number of nitrogens with one attached hydrogen (secondary N) is 1. The summed E-state index contributed by atoms with van der Waals surface area (Å²) in [6.45, 7) is 1.74. The van der Waals surface area contributed by atoms with Gasteiger partial charge in [0, 0.05) is 10.8 Å². The molecule has 0 fully saturated rings. The topological polar surface area (TPSA) is 86.5 Å². The molecule has 8 nitrogen and oxygen atoms in total. The monoisotopic (exact) mass is 418 g/mol. The third-order valence-corrected chi connectivity index (χ3v) is 4.74. The van der Waals surface area contributed by atoms with Gasteiger partial charge in [-0.2, -0.15) is 13.2 Å². The summed E-state index contributed by atoms with van der Waals surface area (Å²) >= 11 is 0. The molecule has 0 aliphatic rings. The van der Waals surface area contributed by atoms with Gasteiger partial charge in [0.15, 0.2) is 17.3 Å². The van der Waals surface area contributed by atoms with E-state index in [-0.39, 0.29) is 0 Å². The van der Waals surface area contributed by atoms with Crippen LogP contribution in [0.1, 0.15) is 24.1 Å². The average molecular weight is 418 g/mol. The minimum atomic E-state index is -4.42. The van der Waals surface area contributed by atoms with Gasteiger partial charge in [0.25, 0.3) is 0 Å². The first-order valence-corrected chi connectivity index (χ1v) is 8.89. The second kappa shape index (κ2) is 7.32. The Hall–Kier alpha value is -3.63. The van der Waals surface area contributed by atoms with Crippen LogP contribution in [0.2, 0.25) is 0 Å². The Bertz CT molecular complexity index is 1220. The van der Waals surface area contributed by atoms with Crippen LogP contribution in [0.4, 0.5) is 19.0 Å². The molecule has 4 rings (SSSR count). The third kappa shape index (κ3) is 3.42. The quantitative estimate of drug-likeness (QED) is 0.526. The number of rotatable bonds is 5. The molecule has 0 aliphatic heterocycles. The molecule has 4 aromatic rings. The molecule has 0 saturated heterocycles. The maximum Gasteiger partial charge on any atom is 0.416 e. The van der Waals surface area contributed by atoms with Crippen molar-refractivity contribution in [3.8, 4) is 11.5 Å². The predicted molar refractivity (Wildman–Crippen MR) is 103 cm³/mol. The molecule has 2 aromatic carbocycles. The summed E-state index contributed by atoms with van der Waals surface area (Å²) in [4.78, 5) is 0. The molecule has 0 spiro atoms. The summed E-state index contributed by atoms with van der Waals surface area (Å²) in [6.07, 6.45) is -4.42.